The first-order valence-electron chi connectivity index (χ1n) is 7.84. The number of aliphatic hydroxyl groups is 1. The molecule has 1 aromatic rings. The number of likely N-dealkylation sites (tertiary alicyclic amines) is 1. The van der Waals surface area contributed by atoms with E-state index in [0.717, 1.165) is 13.1 Å². The van der Waals surface area contributed by atoms with Crippen LogP contribution in [0.4, 0.5) is 5.69 Å². The van der Waals surface area contributed by atoms with Gasteiger partial charge in [0.15, 0.2) is 0 Å². The molecule has 0 saturated carbocycles. The van der Waals surface area contributed by atoms with Gasteiger partial charge in [0.1, 0.15) is 18.5 Å². The van der Waals surface area contributed by atoms with Crippen LogP contribution in [0, 0.1) is 5.41 Å². The fourth-order valence-electron chi connectivity index (χ4n) is 2.81. The van der Waals surface area contributed by atoms with E-state index in [0.29, 0.717) is 23.4 Å². The summed E-state index contributed by atoms with van der Waals surface area (Å²) in [6.07, 6.45) is 3.17. The number of anilines is 1. The fourth-order valence-corrected chi connectivity index (χ4v) is 2.81. The van der Waals surface area contributed by atoms with Gasteiger partial charge >= 0.3 is 0 Å². The van der Waals surface area contributed by atoms with Crippen LogP contribution in [0.25, 0.3) is 0 Å². The van der Waals surface area contributed by atoms with Crippen molar-refractivity contribution in [2.24, 2.45) is 5.41 Å². The number of para-hydroxylation sites is 2. The van der Waals surface area contributed by atoms with Crippen molar-refractivity contribution in [3.8, 4) is 5.75 Å². The average Bonchev–Trinajstić information content (AvgIpc) is 2.59. The van der Waals surface area contributed by atoms with Gasteiger partial charge in [0.25, 0.3) is 0 Å². The van der Waals surface area contributed by atoms with Crippen LogP contribution in [-0.4, -0.2) is 42.4 Å². The van der Waals surface area contributed by atoms with Crippen LogP contribution in [0.3, 0.4) is 0 Å². The molecule has 118 valence electrons. The van der Waals surface area contributed by atoms with Crippen LogP contribution in [0.1, 0.15) is 33.1 Å². The maximum atomic E-state index is 10.2. The van der Waals surface area contributed by atoms with Crippen molar-refractivity contribution in [2.45, 2.75) is 39.2 Å². The molecule has 1 unspecified atom stereocenters. The Morgan fingerprint density at radius 1 is 1.29 bits per heavy atom. The Bertz CT molecular complexity index is 448. The molecule has 1 atom stereocenters. The summed E-state index contributed by atoms with van der Waals surface area (Å²) in [6.45, 7) is 7.73. The van der Waals surface area contributed by atoms with E-state index in [1.807, 2.05) is 18.2 Å². The molecule has 1 aliphatic rings. The fraction of sp³-hybridized carbons (Fsp3) is 0.647. The molecule has 4 nitrogen and oxygen atoms in total. The first-order chi connectivity index (χ1) is 9.96. The number of nitrogen functional groups attached to an aromatic ring is 1. The molecule has 1 saturated heterocycles. The standard InChI is InChI=1S/C17H28N2O2/c1-17(2)8-5-10-19(11-9-17)12-14(20)13-21-16-7-4-3-6-15(16)18/h3-4,6-7,14,20H,5,8-13,18H2,1-2H3. The molecule has 0 spiro atoms. The van der Waals surface area contributed by atoms with Gasteiger partial charge in [-0.15, -0.1) is 0 Å². The smallest absolute Gasteiger partial charge is 0.142 e. The zero-order chi connectivity index (χ0) is 15.3. The molecule has 4 heteroatoms. The Hall–Kier alpha value is -1.26. The van der Waals surface area contributed by atoms with Gasteiger partial charge in [-0.25, -0.2) is 0 Å². The van der Waals surface area contributed by atoms with Crippen molar-refractivity contribution in [1.82, 2.24) is 4.90 Å². The third-order valence-electron chi connectivity index (χ3n) is 4.25. The molecule has 2 rings (SSSR count). The summed E-state index contributed by atoms with van der Waals surface area (Å²) in [4.78, 5) is 2.34. The van der Waals surface area contributed by atoms with Gasteiger partial charge in [0.2, 0.25) is 0 Å². The van der Waals surface area contributed by atoms with Crippen molar-refractivity contribution < 1.29 is 9.84 Å². The first kappa shape index (κ1) is 16.1. The van der Waals surface area contributed by atoms with Crippen LogP contribution in [-0.2, 0) is 0 Å². The molecule has 1 fully saturated rings. The van der Waals surface area contributed by atoms with Crippen LogP contribution in [0.15, 0.2) is 24.3 Å². The zero-order valence-corrected chi connectivity index (χ0v) is 13.2. The van der Waals surface area contributed by atoms with E-state index >= 15 is 0 Å². The highest BCUT2D eigenvalue weighted by Gasteiger charge is 2.24. The molecule has 1 heterocycles. The average molecular weight is 292 g/mol. The summed E-state index contributed by atoms with van der Waals surface area (Å²) < 4.78 is 5.61. The van der Waals surface area contributed by atoms with Gasteiger partial charge in [-0.05, 0) is 49.9 Å². The first-order valence-corrected chi connectivity index (χ1v) is 7.84. The number of benzene rings is 1. The maximum absolute atomic E-state index is 10.2. The van der Waals surface area contributed by atoms with E-state index < -0.39 is 6.10 Å². The third kappa shape index (κ3) is 5.21. The Labute approximate surface area is 127 Å². The summed E-state index contributed by atoms with van der Waals surface area (Å²) in [6, 6.07) is 7.39. The van der Waals surface area contributed by atoms with Gasteiger partial charge in [-0.1, -0.05) is 26.0 Å². The molecule has 1 aromatic carbocycles. The zero-order valence-electron chi connectivity index (χ0n) is 13.2. The Balaban J connectivity index is 1.77. The Kier molecular flexibility index (Phi) is 5.48. The molecule has 0 bridgehead atoms. The minimum absolute atomic E-state index is 0.286. The molecule has 0 aliphatic carbocycles. The SMILES string of the molecule is CC1(C)CCCN(CC(O)COc2ccccc2N)CC1. The monoisotopic (exact) mass is 292 g/mol. The van der Waals surface area contributed by atoms with Gasteiger partial charge in [0.05, 0.1) is 5.69 Å². The maximum Gasteiger partial charge on any atom is 0.142 e. The predicted octanol–water partition coefficient (Wildman–Crippen LogP) is 2.52. The molecule has 21 heavy (non-hydrogen) atoms. The topological polar surface area (TPSA) is 58.7 Å². The van der Waals surface area contributed by atoms with Gasteiger partial charge < -0.3 is 20.5 Å². The van der Waals surface area contributed by atoms with E-state index in [2.05, 4.69) is 18.7 Å². The number of hydrogen-bond acceptors (Lipinski definition) is 4. The van der Waals surface area contributed by atoms with E-state index in [9.17, 15) is 5.11 Å². The molecule has 0 aromatic heterocycles. The largest absolute Gasteiger partial charge is 0.489 e. The molecule has 0 amide bonds. The highest BCUT2D eigenvalue weighted by molar-refractivity contribution is 5.51. The number of β-amino-alcohol motifs (C(OH)–C–C–N with tert-alkyl or cyclic N) is 1. The van der Waals surface area contributed by atoms with Crippen LogP contribution in [0.2, 0.25) is 0 Å². The highest BCUT2D eigenvalue weighted by Crippen LogP contribution is 2.29. The van der Waals surface area contributed by atoms with Crippen LogP contribution < -0.4 is 10.5 Å². The quantitative estimate of drug-likeness (QED) is 0.819. The molecular weight excluding hydrogens is 264 g/mol. The molecule has 3 N–H and O–H groups in total. The third-order valence-corrected chi connectivity index (χ3v) is 4.25. The summed E-state index contributed by atoms with van der Waals surface area (Å²) in [7, 11) is 0. The number of aliphatic hydroxyl groups excluding tert-OH is 1. The minimum atomic E-state index is -0.481. The van der Waals surface area contributed by atoms with E-state index in [1.54, 1.807) is 6.07 Å². The summed E-state index contributed by atoms with van der Waals surface area (Å²) in [5, 5.41) is 10.2. The minimum Gasteiger partial charge on any atom is -0.489 e. The second-order valence-electron chi connectivity index (χ2n) is 6.82. The Morgan fingerprint density at radius 2 is 2.05 bits per heavy atom. The van der Waals surface area contributed by atoms with E-state index in [1.165, 1.54) is 19.3 Å². The van der Waals surface area contributed by atoms with Crippen LogP contribution in [0.5, 0.6) is 5.75 Å². The number of nitrogens with zero attached hydrogens (tertiary/aromatic N) is 1. The second kappa shape index (κ2) is 7.14. The number of ether oxygens (including phenoxy) is 1. The van der Waals surface area contributed by atoms with E-state index in [4.69, 9.17) is 10.5 Å². The van der Waals surface area contributed by atoms with Crippen molar-refractivity contribution in [3.05, 3.63) is 24.3 Å². The van der Waals surface area contributed by atoms with Crippen LogP contribution >= 0.6 is 0 Å². The lowest BCUT2D eigenvalue weighted by atomic mass is 9.85. The van der Waals surface area contributed by atoms with Gasteiger partial charge in [-0.2, -0.15) is 0 Å². The van der Waals surface area contributed by atoms with Gasteiger partial charge in [0, 0.05) is 6.54 Å². The molecule has 1 aliphatic heterocycles. The highest BCUT2D eigenvalue weighted by atomic mass is 16.5. The summed E-state index contributed by atoms with van der Waals surface area (Å²) >= 11 is 0. The van der Waals surface area contributed by atoms with Crippen molar-refractivity contribution in [1.29, 1.82) is 0 Å². The lowest BCUT2D eigenvalue weighted by molar-refractivity contribution is 0.0687. The van der Waals surface area contributed by atoms with Crippen molar-refractivity contribution in [3.63, 3.8) is 0 Å². The lowest BCUT2D eigenvalue weighted by Gasteiger charge is -2.25. The number of rotatable bonds is 5. The van der Waals surface area contributed by atoms with Crippen molar-refractivity contribution >= 4 is 5.69 Å². The lowest BCUT2D eigenvalue weighted by Crippen LogP contribution is -2.36. The number of hydrogen-bond donors (Lipinski definition) is 2. The van der Waals surface area contributed by atoms with Gasteiger partial charge in [-0.3, -0.25) is 0 Å². The second-order valence-corrected chi connectivity index (χ2v) is 6.82. The van der Waals surface area contributed by atoms with E-state index in [-0.39, 0.29) is 6.61 Å². The van der Waals surface area contributed by atoms with Crippen molar-refractivity contribution in [2.75, 3.05) is 32.0 Å². The summed E-state index contributed by atoms with van der Waals surface area (Å²) in [5.41, 5.74) is 6.86. The predicted molar refractivity (Wildman–Crippen MR) is 86.4 cm³/mol. The molecule has 0 radical (unpaired) electrons. The summed E-state index contributed by atoms with van der Waals surface area (Å²) in [5.74, 6) is 0.647. The normalized spacial score (nSPS) is 20.7. The number of nitrogens with two attached hydrogens (primary N) is 1. The Morgan fingerprint density at radius 3 is 2.81 bits per heavy atom. The molecular formula is C17H28N2O2.